The molecule has 1 aromatic rings. The third kappa shape index (κ3) is 2.58. The monoisotopic (exact) mass is 210 g/mol. The molecule has 0 saturated carbocycles. The number of nitrogens with zero attached hydrogens (tertiary/aromatic N) is 2. The van der Waals surface area contributed by atoms with Gasteiger partial charge in [0, 0.05) is 7.05 Å². The molecule has 0 aliphatic rings. The van der Waals surface area contributed by atoms with E-state index >= 15 is 0 Å². The van der Waals surface area contributed by atoms with Crippen LogP contribution in [-0.4, -0.2) is 9.78 Å². The molecule has 0 spiro atoms. The first-order valence-electron chi connectivity index (χ1n) is 5.39. The lowest BCUT2D eigenvalue weighted by atomic mass is 9.85. The van der Waals surface area contributed by atoms with Gasteiger partial charge in [0.25, 0.3) is 0 Å². The molecule has 0 aliphatic heterocycles. The first-order valence-corrected chi connectivity index (χ1v) is 5.39. The summed E-state index contributed by atoms with van der Waals surface area (Å²) in [6.45, 7) is 8.59. The number of hydrogen-bond donors (Lipinski definition) is 2. The molecule has 15 heavy (non-hydrogen) atoms. The number of hydrogen-bond acceptors (Lipinski definition) is 3. The van der Waals surface area contributed by atoms with Crippen molar-refractivity contribution in [2.45, 2.75) is 40.2 Å². The highest BCUT2D eigenvalue weighted by molar-refractivity contribution is 5.16. The molecular formula is C11H22N4. The Hall–Kier alpha value is -0.870. The van der Waals surface area contributed by atoms with Crippen molar-refractivity contribution in [3.05, 3.63) is 17.5 Å². The Balaban J connectivity index is 3.07. The molecule has 1 unspecified atom stereocenters. The maximum atomic E-state index is 5.62. The summed E-state index contributed by atoms with van der Waals surface area (Å²) in [7, 11) is 1.96. The molecule has 86 valence electrons. The quantitative estimate of drug-likeness (QED) is 0.587. The van der Waals surface area contributed by atoms with Crippen molar-refractivity contribution in [1.82, 2.24) is 15.2 Å². The normalized spacial score (nSPS) is 14.3. The topological polar surface area (TPSA) is 55.9 Å². The summed E-state index contributed by atoms with van der Waals surface area (Å²) in [4.78, 5) is 0. The van der Waals surface area contributed by atoms with E-state index in [-0.39, 0.29) is 11.5 Å². The lowest BCUT2D eigenvalue weighted by Gasteiger charge is -2.29. The van der Waals surface area contributed by atoms with Gasteiger partial charge in [0.05, 0.1) is 17.4 Å². The largest absolute Gasteiger partial charge is 0.271 e. The highest BCUT2D eigenvalue weighted by atomic mass is 15.3. The molecule has 1 aromatic heterocycles. The van der Waals surface area contributed by atoms with E-state index < -0.39 is 0 Å². The van der Waals surface area contributed by atoms with Crippen LogP contribution in [0, 0.1) is 5.41 Å². The number of nitrogens with one attached hydrogen (secondary N) is 1. The Bertz CT molecular complexity index is 322. The van der Waals surface area contributed by atoms with Crippen molar-refractivity contribution in [2.75, 3.05) is 0 Å². The number of rotatable bonds is 3. The van der Waals surface area contributed by atoms with Crippen LogP contribution in [0.2, 0.25) is 0 Å². The molecule has 0 amide bonds. The van der Waals surface area contributed by atoms with Gasteiger partial charge in [-0.05, 0) is 17.9 Å². The van der Waals surface area contributed by atoms with E-state index in [1.54, 1.807) is 0 Å². The van der Waals surface area contributed by atoms with E-state index in [9.17, 15) is 0 Å². The summed E-state index contributed by atoms with van der Waals surface area (Å²) >= 11 is 0. The molecule has 1 atom stereocenters. The van der Waals surface area contributed by atoms with E-state index in [0.717, 1.165) is 17.8 Å². The SMILES string of the molecule is CCc1cc(C(NN)C(C)(C)C)n(C)n1. The van der Waals surface area contributed by atoms with Crippen LogP contribution in [0.3, 0.4) is 0 Å². The first kappa shape index (κ1) is 12.2. The smallest absolute Gasteiger partial charge is 0.0677 e. The average molecular weight is 210 g/mol. The summed E-state index contributed by atoms with van der Waals surface area (Å²) in [5.74, 6) is 5.62. The third-order valence-corrected chi connectivity index (χ3v) is 2.66. The van der Waals surface area contributed by atoms with Crippen molar-refractivity contribution >= 4 is 0 Å². The molecule has 0 radical (unpaired) electrons. The van der Waals surface area contributed by atoms with Crippen LogP contribution in [0.25, 0.3) is 0 Å². The van der Waals surface area contributed by atoms with Gasteiger partial charge in [-0.3, -0.25) is 16.0 Å². The van der Waals surface area contributed by atoms with Crippen LogP contribution >= 0.6 is 0 Å². The fourth-order valence-corrected chi connectivity index (χ4v) is 1.77. The molecule has 3 N–H and O–H groups in total. The minimum atomic E-state index is 0.0769. The summed E-state index contributed by atoms with van der Waals surface area (Å²) in [5, 5.41) is 4.43. The van der Waals surface area contributed by atoms with E-state index in [4.69, 9.17) is 5.84 Å². The van der Waals surface area contributed by atoms with Gasteiger partial charge in [-0.15, -0.1) is 0 Å². The second-order valence-electron chi connectivity index (χ2n) is 5.00. The fraction of sp³-hybridized carbons (Fsp3) is 0.727. The number of hydrazine groups is 1. The number of nitrogens with two attached hydrogens (primary N) is 1. The van der Waals surface area contributed by atoms with Gasteiger partial charge in [-0.2, -0.15) is 5.10 Å². The van der Waals surface area contributed by atoms with E-state index in [1.165, 1.54) is 0 Å². The minimum Gasteiger partial charge on any atom is -0.271 e. The molecule has 0 aromatic carbocycles. The van der Waals surface area contributed by atoms with E-state index in [1.807, 2.05) is 11.7 Å². The molecular weight excluding hydrogens is 188 g/mol. The summed E-state index contributed by atoms with van der Waals surface area (Å²) in [5.41, 5.74) is 5.20. The Morgan fingerprint density at radius 2 is 2.13 bits per heavy atom. The Kier molecular flexibility index (Phi) is 3.52. The Morgan fingerprint density at radius 3 is 2.47 bits per heavy atom. The van der Waals surface area contributed by atoms with E-state index in [2.05, 4.69) is 44.3 Å². The van der Waals surface area contributed by atoms with Gasteiger partial charge in [0.2, 0.25) is 0 Å². The van der Waals surface area contributed by atoms with Gasteiger partial charge < -0.3 is 0 Å². The van der Waals surface area contributed by atoms with Crippen LogP contribution < -0.4 is 11.3 Å². The average Bonchev–Trinajstić information content (AvgIpc) is 2.46. The van der Waals surface area contributed by atoms with Crippen LogP contribution in [0.4, 0.5) is 0 Å². The summed E-state index contributed by atoms with van der Waals surface area (Å²) in [6.07, 6.45) is 0.954. The van der Waals surface area contributed by atoms with Crippen LogP contribution in [0.15, 0.2) is 6.07 Å². The molecule has 0 aliphatic carbocycles. The lowest BCUT2D eigenvalue weighted by molar-refractivity contribution is 0.263. The molecule has 4 heteroatoms. The molecule has 0 bridgehead atoms. The zero-order valence-electron chi connectivity index (χ0n) is 10.3. The summed E-state index contributed by atoms with van der Waals surface area (Å²) < 4.78 is 1.91. The predicted octanol–water partition coefficient (Wildman–Crippen LogP) is 1.53. The third-order valence-electron chi connectivity index (χ3n) is 2.66. The maximum absolute atomic E-state index is 5.62. The van der Waals surface area contributed by atoms with Gasteiger partial charge in [0.1, 0.15) is 0 Å². The zero-order chi connectivity index (χ0) is 11.6. The molecule has 1 heterocycles. The highest BCUT2D eigenvalue weighted by Gasteiger charge is 2.27. The van der Waals surface area contributed by atoms with Crippen molar-refractivity contribution in [1.29, 1.82) is 0 Å². The zero-order valence-corrected chi connectivity index (χ0v) is 10.3. The van der Waals surface area contributed by atoms with Crippen LogP contribution in [-0.2, 0) is 13.5 Å². The van der Waals surface area contributed by atoms with Crippen LogP contribution in [0.1, 0.15) is 45.1 Å². The standard InChI is InChI=1S/C11H22N4/c1-6-8-7-9(15(5)14-8)10(13-12)11(2,3)4/h7,10,13H,6,12H2,1-5H3. The molecule has 4 nitrogen and oxygen atoms in total. The number of aromatic nitrogens is 2. The second kappa shape index (κ2) is 4.33. The maximum Gasteiger partial charge on any atom is 0.0677 e. The van der Waals surface area contributed by atoms with Crippen molar-refractivity contribution < 1.29 is 0 Å². The molecule has 1 rings (SSSR count). The van der Waals surface area contributed by atoms with Crippen LogP contribution in [0.5, 0.6) is 0 Å². The number of aryl methyl sites for hydroxylation is 2. The Morgan fingerprint density at radius 1 is 1.53 bits per heavy atom. The van der Waals surface area contributed by atoms with Crippen molar-refractivity contribution in [3.8, 4) is 0 Å². The summed E-state index contributed by atoms with van der Waals surface area (Å²) in [6, 6.07) is 2.24. The fourth-order valence-electron chi connectivity index (χ4n) is 1.77. The minimum absolute atomic E-state index is 0.0769. The Labute approximate surface area is 91.8 Å². The lowest BCUT2D eigenvalue weighted by Crippen LogP contribution is -2.38. The van der Waals surface area contributed by atoms with E-state index in [0.29, 0.717) is 0 Å². The highest BCUT2D eigenvalue weighted by Crippen LogP contribution is 2.31. The van der Waals surface area contributed by atoms with Gasteiger partial charge in [-0.25, -0.2) is 0 Å². The first-order chi connectivity index (χ1) is 6.90. The van der Waals surface area contributed by atoms with Crippen molar-refractivity contribution in [2.24, 2.45) is 18.3 Å². The van der Waals surface area contributed by atoms with Gasteiger partial charge in [-0.1, -0.05) is 27.7 Å². The van der Waals surface area contributed by atoms with Crippen molar-refractivity contribution in [3.63, 3.8) is 0 Å². The molecule has 0 fully saturated rings. The van der Waals surface area contributed by atoms with Gasteiger partial charge in [0.15, 0.2) is 0 Å². The predicted molar refractivity (Wildman–Crippen MR) is 62.1 cm³/mol. The van der Waals surface area contributed by atoms with Gasteiger partial charge >= 0.3 is 0 Å². The second-order valence-corrected chi connectivity index (χ2v) is 5.00. The molecule has 0 saturated heterocycles.